The number of thiocarbonyl (C=S) groups is 1. The van der Waals surface area contributed by atoms with Crippen LogP contribution < -0.4 is 15.5 Å². The molecule has 0 unspecified atom stereocenters. The average Bonchev–Trinajstić information content (AvgIpc) is 2.62. The Balaban J connectivity index is 1.98. The van der Waals surface area contributed by atoms with Crippen molar-refractivity contribution in [1.29, 1.82) is 0 Å². The van der Waals surface area contributed by atoms with Crippen LogP contribution in [0.4, 0.5) is 0 Å². The molecule has 5 nitrogen and oxygen atoms in total. The molecule has 2 atom stereocenters. The molecule has 138 valence electrons. The lowest BCUT2D eigenvalue weighted by molar-refractivity contribution is 0.181. The first-order valence-corrected chi connectivity index (χ1v) is 9.23. The van der Waals surface area contributed by atoms with Crippen LogP contribution in [-0.4, -0.2) is 31.1 Å². The third-order valence-electron chi connectivity index (χ3n) is 4.75. The second-order valence-corrected chi connectivity index (χ2v) is 7.02. The molecule has 0 saturated heterocycles. The van der Waals surface area contributed by atoms with Crippen molar-refractivity contribution < 1.29 is 9.47 Å². The molecule has 1 saturated carbocycles. The number of hydrazone groups is 1. The van der Waals surface area contributed by atoms with Gasteiger partial charge < -0.3 is 14.8 Å². The minimum atomic E-state index is 0.443. The Morgan fingerprint density at radius 1 is 1.28 bits per heavy atom. The standard InChI is InChI=1S/C19H29N3O2S/c1-13-7-5-6-8-17(13)20-19(25)22-21-14(2)15-9-10-18(24-4)16(11-15)12-23-3/h9-11,13,17H,5-8,12H2,1-4H3,(H2,20,22,25)/b21-14-/t13-,17-/m0/s1. The summed E-state index contributed by atoms with van der Waals surface area (Å²) in [6.07, 6.45) is 5.01. The summed E-state index contributed by atoms with van der Waals surface area (Å²) in [4.78, 5) is 0. The lowest BCUT2D eigenvalue weighted by Crippen LogP contribution is -2.44. The molecule has 2 rings (SSSR count). The van der Waals surface area contributed by atoms with E-state index in [1.165, 1.54) is 25.7 Å². The smallest absolute Gasteiger partial charge is 0.187 e. The van der Waals surface area contributed by atoms with Gasteiger partial charge in [0.1, 0.15) is 5.75 Å². The van der Waals surface area contributed by atoms with E-state index >= 15 is 0 Å². The van der Waals surface area contributed by atoms with Crippen LogP contribution in [0.3, 0.4) is 0 Å². The zero-order valence-corrected chi connectivity index (χ0v) is 16.4. The second-order valence-electron chi connectivity index (χ2n) is 6.61. The SMILES string of the molecule is COCc1cc(/C(C)=N\NC(=S)N[C@H]2CCCC[C@@H]2C)ccc1OC. The fraction of sp³-hybridized carbons (Fsp3) is 0.579. The summed E-state index contributed by atoms with van der Waals surface area (Å²) in [6, 6.07) is 6.39. The van der Waals surface area contributed by atoms with Crippen LogP contribution in [-0.2, 0) is 11.3 Å². The van der Waals surface area contributed by atoms with Gasteiger partial charge in [-0.25, -0.2) is 0 Å². The van der Waals surface area contributed by atoms with Crippen molar-refractivity contribution in [1.82, 2.24) is 10.7 Å². The van der Waals surface area contributed by atoms with Gasteiger partial charge >= 0.3 is 0 Å². The molecule has 1 aromatic rings. The highest BCUT2D eigenvalue weighted by molar-refractivity contribution is 7.80. The van der Waals surface area contributed by atoms with E-state index in [1.54, 1.807) is 14.2 Å². The maximum Gasteiger partial charge on any atom is 0.187 e. The Labute approximate surface area is 156 Å². The molecular formula is C19H29N3O2S. The summed E-state index contributed by atoms with van der Waals surface area (Å²) in [5.74, 6) is 1.46. The Hall–Kier alpha value is -1.66. The van der Waals surface area contributed by atoms with Crippen molar-refractivity contribution in [3.05, 3.63) is 29.3 Å². The monoisotopic (exact) mass is 363 g/mol. The Morgan fingerprint density at radius 2 is 2.04 bits per heavy atom. The molecule has 0 aliphatic heterocycles. The second kappa shape index (κ2) is 9.73. The largest absolute Gasteiger partial charge is 0.496 e. The van der Waals surface area contributed by atoms with E-state index in [1.807, 2.05) is 25.1 Å². The average molecular weight is 364 g/mol. The minimum absolute atomic E-state index is 0.443. The van der Waals surface area contributed by atoms with Crippen LogP contribution in [0.25, 0.3) is 0 Å². The molecule has 6 heteroatoms. The van der Waals surface area contributed by atoms with Gasteiger partial charge in [-0.3, -0.25) is 5.43 Å². The van der Waals surface area contributed by atoms with Crippen molar-refractivity contribution in [3.63, 3.8) is 0 Å². The van der Waals surface area contributed by atoms with E-state index < -0.39 is 0 Å². The summed E-state index contributed by atoms with van der Waals surface area (Å²) in [6.45, 7) is 4.73. The van der Waals surface area contributed by atoms with Gasteiger partial charge in [0, 0.05) is 18.7 Å². The number of ether oxygens (including phenoxy) is 2. The highest BCUT2D eigenvalue weighted by atomic mass is 32.1. The zero-order valence-electron chi connectivity index (χ0n) is 15.6. The van der Waals surface area contributed by atoms with E-state index in [-0.39, 0.29) is 0 Å². The molecule has 2 N–H and O–H groups in total. The molecule has 1 fully saturated rings. The first kappa shape index (κ1) is 19.7. The molecule has 0 amide bonds. The number of nitrogens with one attached hydrogen (secondary N) is 2. The van der Waals surface area contributed by atoms with Crippen molar-refractivity contribution in [2.75, 3.05) is 14.2 Å². The maximum atomic E-state index is 5.39. The van der Waals surface area contributed by atoms with Crippen molar-refractivity contribution in [2.24, 2.45) is 11.0 Å². The highest BCUT2D eigenvalue weighted by Gasteiger charge is 2.21. The van der Waals surface area contributed by atoms with Gasteiger partial charge in [0.15, 0.2) is 5.11 Å². The molecule has 0 heterocycles. The summed E-state index contributed by atoms with van der Waals surface area (Å²) >= 11 is 5.39. The summed E-state index contributed by atoms with van der Waals surface area (Å²) in [5.41, 5.74) is 5.84. The summed E-state index contributed by atoms with van der Waals surface area (Å²) < 4.78 is 10.6. The van der Waals surface area contributed by atoms with Gasteiger partial charge in [-0.15, -0.1) is 0 Å². The molecule has 0 spiro atoms. The van der Waals surface area contributed by atoms with Crippen molar-refractivity contribution in [3.8, 4) is 5.75 Å². The quantitative estimate of drug-likeness (QED) is 0.459. The van der Waals surface area contributed by atoms with Crippen LogP contribution in [0.15, 0.2) is 23.3 Å². The lowest BCUT2D eigenvalue weighted by atomic mass is 9.86. The van der Waals surface area contributed by atoms with E-state index in [9.17, 15) is 0 Å². The summed E-state index contributed by atoms with van der Waals surface area (Å²) in [5, 5.41) is 8.41. The topological polar surface area (TPSA) is 54.9 Å². The summed E-state index contributed by atoms with van der Waals surface area (Å²) in [7, 11) is 3.33. The fourth-order valence-corrected chi connectivity index (χ4v) is 3.40. The molecule has 25 heavy (non-hydrogen) atoms. The molecule has 1 aromatic carbocycles. The number of rotatable bonds is 6. The van der Waals surface area contributed by atoms with Gasteiger partial charge in [-0.1, -0.05) is 19.8 Å². The maximum absolute atomic E-state index is 5.39. The Morgan fingerprint density at radius 3 is 2.72 bits per heavy atom. The zero-order chi connectivity index (χ0) is 18.2. The van der Waals surface area contributed by atoms with Gasteiger partial charge in [-0.2, -0.15) is 5.10 Å². The first-order valence-electron chi connectivity index (χ1n) is 8.82. The molecule has 0 bridgehead atoms. The van der Waals surface area contributed by atoms with Gasteiger partial charge in [0.25, 0.3) is 0 Å². The Bertz CT molecular complexity index is 619. The lowest BCUT2D eigenvalue weighted by Gasteiger charge is -2.30. The van der Waals surface area contributed by atoms with Gasteiger partial charge in [0.2, 0.25) is 0 Å². The van der Waals surface area contributed by atoms with Crippen LogP contribution >= 0.6 is 12.2 Å². The van der Waals surface area contributed by atoms with Gasteiger partial charge in [0.05, 0.1) is 19.4 Å². The van der Waals surface area contributed by atoms with Crippen LogP contribution in [0.2, 0.25) is 0 Å². The first-order chi connectivity index (χ1) is 12.0. The third kappa shape index (κ3) is 5.68. The Kier molecular flexibility index (Phi) is 7.65. The van der Waals surface area contributed by atoms with Crippen molar-refractivity contribution >= 4 is 23.0 Å². The van der Waals surface area contributed by atoms with E-state index in [0.717, 1.165) is 22.6 Å². The number of methoxy groups -OCH3 is 2. The third-order valence-corrected chi connectivity index (χ3v) is 4.96. The van der Waals surface area contributed by atoms with E-state index in [2.05, 4.69) is 22.8 Å². The molecule has 1 aliphatic rings. The van der Waals surface area contributed by atoms with Crippen LogP contribution in [0.1, 0.15) is 50.7 Å². The number of benzene rings is 1. The molecule has 0 aromatic heterocycles. The number of hydrogen-bond acceptors (Lipinski definition) is 4. The molecular weight excluding hydrogens is 334 g/mol. The predicted molar refractivity (Wildman–Crippen MR) is 106 cm³/mol. The van der Waals surface area contributed by atoms with E-state index in [4.69, 9.17) is 21.7 Å². The number of nitrogens with zero attached hydrogens (tertiary/aromatic N) is 1. The van der Waals surface area contributed by atoms with E-state index in [0.29, 0.717) is 23.7 Å². The fourth-order valence-electron chi connectivity index (χ4n) is 3.20. The van der Waals surface area contributed by atoms with Crippen molar-refractivity contribution in [2.45, 2.75) is 52.2 Å². The highest BCUT2D eigenvalue weighted by Crippen LogP contribution is 2.23. The minimum Gasteiger partial charge on any atom is -0.496 e. The molecule has 1 aliphatic carbocycles. The predicted octanol–water partition coefficient (Wildman–Crippen LogP) is 3.61. The van der Waals surface area contributed by atoms with Crippen LogP contribution in [0, 0.1) is 5.92 Å². The van der Waals surface area contributed by atoms with Gasteiger partial charge in [-0.05, 0) is 61.7 Å². The van der Waals surface area contributed by atoms with Crippen LogP contribution in [0.5, 0.6) is 5.75 Å². The normalized spacial score (nSPS) is 20.9. The molecule has 0 radical (unpaired) electrons. The number of hydrogen-bond donors (Lipinski definition) is 2.